The van der Waals surface area contributed by atoms with Crippen molar-refractivity contribution in [2.75, 3.05) is 5.33 Å². The zero-order valence-electron chi connectivity index (χ0n) is 8.94. The van der Waals surface area contributed by atoms with E-state index >= 15 is 0 Å². The largest absolute Gasteiger partial charge is 0.0883 e. The maximum Gasteiger partial charge on any atom is 0.0215 e. The molecule has 0 atom stereocenters. The molecule has 16 heavy (non-hydrogen) atoms. The Hall–Kier alpha value is -1.34. The van der Waals surface area contributed by atoms with E-state index in [1.165, 1.54) is 16.7 Å². The summed E-state index contributed by atoms with van der Waals surface area (Å²) in [4.78, 5) is 0. The number of rotatable bonds is 3. The van der Waals surface area contributed by atoms with E-state index in [1.54, 1.807) is 0 Å². The van der Waals surface area contributed by atoms with Crippen LogP contribution in [0.4, 0.5) is 0 Å². The average Bonchev–Trinajstić information content (AvgIpc) is 2.38. The number of benzene rings is 2. The summed E-state index contributed by atoms with van der Waals surface area (Å²) in [5, 5.41) is 0.885. The zero-order valence-corrected chi connectivity index (χ0v) is 10.5. The summed E-state index contributed by atoms with van der Waals surface area (Å²) in [5.41, 5.74) is 3.80. The molecule has 0 fully saturated rings. The van der Waals surface area contributed by atoms with E-state index in [0.717, 1.165) is 5.33 Å². The summed E-state index contributed by atoms with van der Waals surface area (Å²) in [7, 11) is 0. The monoisotopic (exact) mass is 272 g/mol. The summed E-state index contributed by atoms with van der Waals surface area (Å²) in [6.45, 7) is 0. The molecule has 2 aromatic carbocycles. The Bertz CT molecular complexity index is 472. The lowest BCUT2D eigenvalue weighted by molar-refractivity contribution is 1.59. The molecule has 0 saturated carbocycles. The van der Waals surface area contributed by atoms with Gasteiger partial charge in [0.2, 0.25) is 0 Å². The van der Waals surface area contributed by atoms with Crippen LogP contribution < -0.4 is 0 Å². The molecule has 2 aromatic rings. The van der Waals surface area contributed by atoms with Gasteiger partial charge in [-0.2, -0.15) is 0 Å². The first-order valence-corrected chi connectivity index (χ1v) is 6.41. The molecular formula is C15H13Br. The van der Waals surface area contributed by atoms with Crippen molar-refractivity contribution in [2.24, 2.45) is 0 Å². The summed E-state index contributed by atoms with van der Waals surface area (Å²) in [6, 6.07) is 18.9. The van der Waals surface area contributed by atoms with Crippen molar-refractivity contribution in [3.63, 3.8) is 0 Å². The fraction of sp³-hybridized carbons (Fsp3) is 0.0667. The van der Waals surface area contributed by atoms with E-state index in [9.17, 15) is 0 Å². The van der Waals surface area contributed by atoms with Crippen LogP contribution in [-0.4, -0.2) is 5.33 Å². The van der Waals surface area contributed by atoms with Crippen molar-refractivity contribution in [2.45, 2.75) is 0 Å². The van der Waals surface area contributed by atoms with Crippen molar-refractivity contribution in [1.29, 1.82) is 0 Å². The molecule has 0 aliphatic carbocycles. The highest BCUT2D eigenvalue weighted by molar-refractivity contribution is 9.09. The van der Waals surface area contributed by atoms with E-state index in [4.69, 9.17) is 0 Å². The molecule has 1 heteroatoms. The van der Waals surface area contributed by atoms with Crippen LogP contribution in [0.25, 0.3) is 17.2 Å². The molecule has 0 amide bonds. The summed E-state index contributed by atoms with van der Waals surface area (Å²) in [6.07, 6.45) is 4.26. The summed E-state index contributed by atoms with van der Waals surface area (Å²) >= 11 is 3.40. The average molecular weight is 273 g/mol. The third-order valence-electron chi connectivity index (χ3n) is 2.43. The molecule has 0 heterocycles. The SMILES string of the molecule is BrCC=Cc1ccccc1-c1ccccc1. The van der Waals surface area contributed by atoms with Crippen molar-refractivity contribution < 1.29 is 0 Å². The molecule has 0 bridgehead atoms. The van der Waals surface area contributed by atoms with Crippen LogP contribution in [0.15, 0.2) is 60.7 Å². The lowest BCUT2D eigenvalue weighted by atomic mass is 9.99. The van der Waals surface area contributed by atoms with Gasteiger partial charge in [0.05, 0.1) is 0 Å². The summed E-state index contributed by atoms with van der Waals surface area (Å²) < 4.78 is 0. The number of halogens is 1. The van der Waals surface area contributed by atoms with Crippen LogP contribution in [0.2, 0.25) is 0 Å². The topological polar surface area (TPSA) is 0 Å². The van der Waals surface area contributed by atoms with Crippen LogP contribution in [0.1, 0.15) is 5.56 Å². The van der Waals surface area contributed by atoms with Gasteiger partial charge in [0.1, 0.15) is 0 Å². The van der Waals surface area contributed by atoms with Gasteiger partial charge in [0.15, 0.2) is 0 Å². The molecule has 0 nitrogen and oxygen atoms in total. The van der Waals surface area contributed by atoms with Gasteiger partial charge >= 0.3 is 0 Å². The lowest BCUT2D eigenvalue weighted by Crippen LogP contribution is -1.82. The Morgan fingerprint density at radius 2 is 1.56 bits per heavy atom. The van der Waals surface area contributed by atoms with Gasteiger partial charge in [0.25, 0.3) is 0 Å². The Morgan fingerprint density at radius 3 is 2.31 bits per heavy atom. The van der Waals surface area contributed by atoms with E-state index in [1.807, 2.05) is 6.07 Å². The Labute approximate surface area is 105 Å². The van der Waals surface area contributed by atoms with Crippen molar-refractivity contribution >= 4 is 22.0 Å². The van der Waals surface area contributed by atoms with E-state index in [0.29, 0.717) is 0 Å². The Balaban J connectivity index is 2.45. The smallest absolute Gasteiger partial charge is 0.0215 e. The predicted molar refractivity (Wildman–Crippen MR) is 74.7 cm³/mol. The van der Waals surface area contributed by atoms with Crippen LogP contribution in [0.3, 0.4) is 0 Å². The molecule has 0 aliphatic rings. The van der Waals surface area contributed by atoms with Gasteiger partial charge in [-0.3, -0.25) is 0 Å². The third kappa shape index (κ3) is 2.61. The fourth-order valence-corrected chi connectivity index (χ4v) is 1.88. The van der Waals surface area contributed by atoms with Gasteiger partial charge in [-0.15, -0.1) is 0 Å². The predicted octanol–water partition coefficient (Wildman–Crippen LogP) is 4.76. The van der Waals surface area contributed by atoms with E-state index < -0.39 is 0 Å². The second-order valence-electron chi connectivity index (χ2n) is 3.51. The quantitative estimate of drug-likeness (QED) is 0.707. The maximum atomic E-state index is 3.40. The second kappa shape index (κ2) is 5.66. The fourth-order valence-electron chi connectivity index (χ4n) is 1.69. The van der Waals surface area contributed by atoms with Crippen LogP contribution >= 0.6 is 15.9 Å². The molecule has 0 aliphatic heterocycles. The first-order valence-electron chi connectivity index (χ1n) is 5.29. The van der Waals surface area contributed by atoms with Crippen molar-refractivity contribution in [3.05, 3.63) is 66.2 Å². The first-order chi connectivity index (χ1) is 7.92. The van der Waals surface area contributed by atoms with E-state index in [2.05, 4.69) is 76.6 Å². The van der Waals surface area contributed by atoms with Crippen LogP contribution in [0.5, 0.6) is 0 Å². The Morgan fingerprint density at radius 1 is 0.875 bits per heavy atom. The van der Waals surface area contributed by atoms with Gasteiger partial charge < -0.3 is 0 Å². The number of hydrogen-bond donors (Lipinski definition) is 0. The van der Waals surface area contributed by atoms with Gasteiger partial charge in [-0.25, -0.2) is 0 Å². The second-order valence-corrected chi connectivity index (χ2v) is 4.16. The third-order valence-corrected chi connectivity index (χ3v) is 2.81. The standard InChI is InChI=1S/C15H13Br/c16-12-6-10-14-9-4-5-11-15(14)13-7-2-1-3-8-13/h1-11H,12H2. The van der Waals surface area contributed by atoms with Gasteiger partial charge in [-0.05, 0) is 16.7 Å². The molecule has 0 spiro atoms. The molecule has 0 aromatic heterocycles. The molecule has 2 rings (SSSR count). The minimum Gasteiger partial charge on any atom is -0.0883 e. The highest BCUT2D eigenvalue weighted by atomic mass is 79.9. The van der Waals surface area contributed by atoms with Crippen LogP contribution in [0, 0.1) is 0 Å². The van der Waals surface area contributed by atoms with Crippen molar-refractivity contribution in [1.82, 2.24) is 0 Å². The molecule has 0 saturated heterocycles. The minimum absolute atomic E-state index is 0.885. The molecule has 0 N–H and O–H groups in total. The Kier molecular flexibility index (Phi) is 3.95. The minimum atomic E-state index is 0.885. The normalized spacial score (nSPS) is 10.8. The number of hydrogen-bond acceptors (Lipinski definition) is 0. The van der Waals surface area contributed by atoms with Gasteiger partial charge in [-0.1, -0.05) is 82.7 Å². The number of allylic oxidation sites excluding steroid dienone is 1. The van der Waals surface area contributed by atoms with Gasteiger partial charge in [0, 0.05) is 5.33 Å². The highest BCUT2D eigenvalue weighted by Gasteiger charge is 2.00. The zero-order chi connectivity index (χ0) is 11.2. The summed E-state index contributed by atoms with van der Waals surface area (Å²) in [5.74, 6) is 0. The van der Waals surface area contributed by atoms with E-state index in [-0.39, 0.29) is 0 Å². The lowest BCUT2D eigenvalue weighted by Gasteiger charge is -2.05. The molecule has 0 unspecified atom stereocenters. The molecular weight excluding hydrogens is 260 g/mol. The highest BCUT2D eigenvalue weighted by Crippen LogP contribution is 2.24. The molecule has 80 valence electrons. The van der Waals surface area contributed by atoms with Crippen molar-refractivity contribution in [3.8, 4) is 11.1 Å². The molecule has 0 radical (unpaired) electrons. The number of alkyl halides is 1. The van der Waals surface area contributed by atoms with Crippen LogP contribution in [-0.2, 0) is 0 Å². The first kappa shape index (κ1) is 11.2. The maximum absolute atomic E-state index is 3.40.